The predicted octanol–water partition coefficient (Wildman–Crippen LogP) is 2.99. The van der Waals surface area contributed by atoms with E-state index in [-0.39, 0.29) is 5.91 Å². The monoisotopic (exact) mass is 361 g/mol. The van der Waals surface area contributed by atoms with Gasteiger partial charge in [0.15, 0.2) is 0 Å². The lowest BCUT2D eigenvalue weighted by Crippen LogP contribution is -2.25. The van der Waals surface area contributed by atoms with E-state index >= 15 is 0 Å². The van der Waals surface area contributed by atoms with Crippen LogP contribution in [0.3, 0.4) is 0 Å². The van der Waals surface area contributed by atoms with Crippen molar-refractivity contribution < 1.29 is 4.79 Å². The van der Waals surface area contributed by atoms with Gasteiger partial charge in [-0.15, -0.1) is 22.7 Å². The summed E-state index contributed by atoms with van der Waals surface area (Å²) in [4.78, 5) is 21.7. The molecule has 0 aliphatic rings. The van der Waals surface area contributed by atoms with Crippen LogP contribution < -0.4 is 5.32 Å². The molecule has 1 N–H and O–H groups in total. The fourth-order valence-electron chi connectivity index (χ4n) is 2.46. The molecular weight excluding hydrogens is 342 g/mol. The minimum absolute atomic E-state index is 0.0629. The lowest BCUT2D eigenvalue weighted by atomic mass is 10.3. The zero-order valence-corrected chi connectivity index (χ0v) is 15.7. The molecule has 0 bridgehead atoms. The van der Waals surface area contributed by atoms with Gasteiger partial charge >= 0.3 is 0 Å². The summed E-state index contributed by atoms with van der Waals surface area (Å²) in [6.45, 7) is 8.30. The smallest absolute Gasteiger partial charge is 0.263 e. The molecule has 6 nitrogen and oxygen atoms in total. The van der Waals surface area contributed by atoms with Crippen molar-refractivity contribution in [3.63, 3.8) is 0 Å². The predicted molar refractivity (Wildman–Crippen MR) is 96.3 cm³/mol. The normalized spacial score (nSPS) is 11.0. The molecule has 3 aromatic rings. The van der Waals surface area contributed by atoms with Crippen molar-refractivity contribution >= 4 is 28.6 Å². The Kier molecular flexibility index (Phi) is 4.77. The van der Waals surface area contributed by atoms with E-state index in [0.29, 0.717) is 17.8 Å². The molecule has 0 aliphatic heterocycles. The van der Waals surface area contributed by atoms with E-state index in [4.69, 9.17) is 0 Å². The van der Waals surface area contributed by atoms with E-state index in [1.165, 1.54) is 11.3 Å². The van der Waals surface area contributed by atoms with E-state index < -0.39 is 0 Å². The zero-order chi connectivity index (χ0) is 17.3. The Balaban J connectivity index is 1.59. The molecule has 0 fully saturated rings. The number of rotatable bonds is 5. The van der Waals surface area contributed by atoms with Crippen LogP contribution in [0.4, 0.5) is 0 Å². The third-order valence-electron chi connectivity index (χ3n) is 3.51. The Labute approximate surface area is 148 Å². The Bertz CT molecular complexity index is 877. The molecule has 0 spiro atoms. The second-order valence-corrected chi connectivity index (χ2v) is 7.65. The molecule has 8 heteroatoms. The Hall–Kier alpha value is -2.06. The number of aryl methyl sites for hydroxylation is 4. The number of amides is 1. The van der Waals surface area contributed by atoms with Crippen LogP contribution >= 0.6 is 22.7 Å². The number of nitrogens with one attached hydrogen (secondary N) is 1. The standard InChI is InChI=1S/C16H19N5OS2/c1-9-7-10(2)21(20-9)16-19-13(8-23-16)5-6-17-15(22)14-11(3)18-12(4)24-14/h7-8H,5-6H2,1-4H3,(H,17,22). The van der Waals surface area contributed by atoms with Crippen LogP contribution in [0.25, 0.3) is 5.13 Å². The van der Waals surface area contributed by atoms with Crippen LogP contribution in [0.2, 0.25) is 0 Å². The van der Waals surface area contributed by atoms with Gasteiger partial charge in [0.1, 0.15) is 4.88 Å². The fraction of sp³-hybridized carbons (Fsp3) is 0.375. The number of aromatic nitrogens is 4. The van der Waals surface area contributed by atoms with Gasteiger partial charge in [-0.1, -0.05) is 0 Å². The van der Waals surface area contributed by atoms with Crippen molar-refractivity contribution in [3.05, 3.63) is 44.1 Å². The highest BCUT2D eigenvalue weighted by Crippen LogP contribution is 2.18. The topological polar surface area (TPSA) is 72.7 Å². The van der Waals surface area contributed by atoms with E-state index in [1.54, 1.807) is 11.3 Å². The van der Waals surface area contributed by atoms with Gasteiger partial charge < -0.3 is 5.32 Å². The number of thiazole rings is 2. The largest absolute Gasteiger partial charge is 0.351 e. The molecular formula is C16H19N5OS2. The SMILES string of the molecule is Cc1cc(C)n(-c2nc(CCNC(=O)c3sc(C)nc3C)cs2)n1. The van der Waals surface area contributed by atoms with Crippen LogP contribution in [-0.4, -0.2) is 32.2 Å². The number of carbonyl (C=O) groups excluding carboxylic acids is 1. The second kappa shape index (κ2) is 6.82. The number of nitrogens with zero attached hydrogens (tertiary/aromatic N) is 4. The van der Waals surface area contributed by atoms with Crippen molar-refractivity contribution in [2.24, 2.45) is 0 Å². The first-order valence-electron chi connectivity index (χ1n) is 7.64. The molecule has 0 atom stereocenters. The van der Waals surface area contributed by atoms with Crippen LogP contribution in [-0.2, 0) is 6.42 Å². The summed E-state index contributed by atoms with van der Waals surface area (Å²) in [5, 5.41) is 11.2. The third kappa shape index (κ3) is 3.54. The van der Waals surface area contributed by atoms with E-state index in [2.05, 4.69) is 20.4 Å². The Morgan fingerprint density at radius 1 is 1.25 bits per heavy atom. The first kappa shape index (κ1) is 16.8. The third-order valence-corrected chi connectivity index (χ3v) is 5.44. The highest BCUT2D eigenvalue weighted by Gasteiger charge is 2.14. The highest BCUT2D eigenvalue weighted by molar-refractivity contribution is 7.13. The number of hydrogen-bond donors (Lipinski definition) is 1. The van der Waals surface area contributed by atoms with Crippen molar-refractivity contribution in [1.29, 1.82) is 0 Å². The molecule has 126 valence electrons. The van der Waals surface area contributed by atoms with Crippen molar-refractivity contribution in [2.45, 2.75) is 34.1 Å². The van der Waals surface area contributed by atoms with Gasteiger partial charge in [-0.25, -0.2) is 14.6 Å². The summed E-state index contributed by atoms with van der Waals surface area (Å²) in [6, 6.07) is 2.03. The molecule has 0 saturated heterocycles. The molecule has 3 rings (SSSR count). The minimum atomic E-state index is -0.0629. The van der Waals surface area contributed by atoms with Gasteiger partial charge in [0.05, 0.1) is 22.1 Å². The average Bonchev–Trinajstić information content (AvgIpc) is 3.18. The number of carbonyl (C=O) groups is 1. The second-order valence-electron chi connectivity index (χ2n) is 5.61. The number of hydrogen-bond acceptors (Lipinski definition) is 6. The molecule has 0 aliphatic carbocycles. The van der Waals surface area contributed by atoms with E-state index in [1.807, 2.05) is 43.8 Å². The first-order valence-corrected chi connectivity index (χ1v) is 9.34. The average molecular weight is 361 g/mol. The molecule has 0 saturated carbocycles. The van der Waals surface area contributed by atoms with Crippen LogP contribution in [0.5, 0.6) is 0 Å². The molecule has 0 aromatic carbocycles. The summed E-state index contributed by atoms with van der Waals surface area (Å²) in [6.07, 6.45) is 0.693. The maximum absolute atomic E-state index is 12.2. The van der Waals surface area contributed by atoms with Crippen LogP contribution in [0.1, 0.15) is 37.5 Å². The highest BCUT2D eigenvalue weighted by atomic mass is 32.1. The summed E-state index contributed by atoms with van der Waals surface area (Å²) in [7, 11) is 0. The molecule has 1 amide bonds. The van der Waals surface area contributed by atoms with Gasteiger partial charge in [-0.2, -0.15) is 5.10 Å². The quantitative estimate of drug-likeness (QED) is 0.758. The van der Waals surface area contributed by atoms with E-state index in [9.17, 15) is 4.79 Å². The Morgan fingerprint density at radius 2 is 2.04 bits per heavy atom. The summed E-state index contributed by atoms with van der Waals surface area (Å²) in [5.74, 6) is -0.0629. The van der Waals surface area contributed by atoms with Gasteiger partial charge in [-0.3, -0.25) is 4.79 Å². The molecule has 3 aromatic heterocycles. The first-order chi connectivity index (χ1) is 11.4. The van der Waals surface area contributed by atoms with Gasteiger partial charge in [0.2, 0.25) is 5.13 Å². The summed E-state index contributed by atoms with van der Waals surface area (Å²) in [5.41, 5.74) is 3.79. The maximum Gasteiger partial charge on any atom is 0.263 e. The molecule has 3 heterocycles. The lowest BCUT2D eigenvalue weighted by Gasteiger charge is -2.02. The van der Waals surface area contributed by atoms with Gasteiger partial charge in [0.25, 0.3) is 5.91 Å². The zero-order valence-electron chi connectivity index (χ0n) is 14.1. The Morgan fingerprint density at radius 3 is 2.67 bits per heavy atom. The van der Waals surface area contributed by atoms with Gasteiger partial charge in [0, 0.05) is 24.0 Å². The van der Waals surface area contributed by atoms with Crippen LogP contribution in [0.15, 0.2) is 11.4 Å². The van der Waals surface area contributed by atoms with E-state index in [0.717, 1.165) is 32.9 Å². The van der Waals surface area contributed by atoms with Crippen molar-refractivity contribution in [2.75, 3.05) is 6.54 Å². The lowest BCUT2D eigenvalue weighted by molar-refractivity contribution is 0.0957. The van der Waals surface area contributed by atoms with Crippen molar-refractivity contribution in [1.82, 2.24) is 25.1 Å². The molecule has 0 radical (unpaired) electrons. The maximum atomic E-state index is 12.2. The summed E-state index contributed by atoms with van der Waals surface area (Å²) < 4.78 is 1.85. The van der Waals surface area contributed by atoms with Gasteiger partial charge in [-0.05, 0) is 33.8 Å². The molecule has 24 heavy (non-hydrogen) atoms. The van der Waals surface area contributed by atoms with Crippen LogP contribution in [0, 0.1) is 27.7 Å². The summed E-state index contributed by atoms with van der Waals surface area (Å²) >= 11 is 2.99. The fourth-order valence-corrected chi connectivity index (χ4v) is 4.16. The minimum Gasteiger partial charge on any atom is -0.351 e. The van der Waals surface area contributed by atoms with Crippen molar-refractivity contribution in [3.8, 4) is 5.13 Å². The molecule has 0 unspecified atom stereocenters.